The molecule has 4 heteroatoms. The summed E-state index contributed by atoms with van der Waals surface area (Å²) in [5, 5.41) is 3.72. The van der Waals surface area contributed by atoms with Gasteiger partial charge in [-0.25, -0.2) is 0 Å². The van der Waals surface area contributed by atoms with Crippen LogP contribution in [0, 0.1) is 0 Å². The lowest BCUT2D eigenvalue weighted by atomic mass is 9.96. The van der Waals surface area contributed by atoms with Crippen molar-refractivity contribution < 1.29 is 4.74 Å². The third-order valence-corrected chi connectivity index (χ3v) is 5.26. The number of piperidine rings is 1. The maximum Gasteiger partial charge on any atom is 0.122 e. The molecule has 0 spiro atoms. The molecule has 1 aromatic carbocycles. The first-order valence-electron chi connectivity index (χ1n) is 8.07. The second-order valence-electron chi connectivity index (χ2n) is 6.26. The first-order chi connectivity index (χ1) is 10.2. The minimum absolute atomic E-state index is 0.678. The highest BCUT2D eigenvalue weighted by Gasteiger charge is 2.40. The number of anilines is 1. The molecular weight excluding hydrogens is 328 g/mol. The Balaban J connectivity index is 1.77. The summed E-state index contributed by atoms with van der Waals surface area (Å²) in [4.78, 5) is 2.64. The second kappa shape index (κ2) is 6.57. The monoisotopic (exact) mass is 352 g/mol. The van der Waals surface area contributed by atoms with Crippen molar-refractivity contribution in [3.05, 3.63) is 22.7 Å². The number of fused-ring (bicyclic) bond motifs is 2. The highest BCUT2D eigenvalue weighted by atomic mass is 79.9. The second-order valence-corrected chi connectivity index (χ2v) is 7.18. The average Bonchev–Trinajstić information content (AvgIpc) is 2.75. The van der Waals surface area contributed by atoms with Gasteiger partial charge in [0.05, 0.1) is 7.11 Å². The number of hydrogen-bond acceptors (Lipinski definition) is 3. The van der Waals surface area contributed by atoms with E-state index in [1.807, 2.05) is 6.07 Å². The molecule has 3 rings (SSSR count). The summed E-state index contributed by atoms with van der Waals surface area (Å²) in [7, 11) is 1.74. The molecule has 0 saturated carbocycles. The molecule has 2 saturated heterocycles. The molecular formula is C17H25BrN2O. The van der Waals surface area contributed by atoms with E-state index in [4.69, 9.17) is 4.74 Å². The lowest BCUT2D eigenvalue weighted by Gasteiger charge is -2.41. The number of benzene rings is 1. The number of ether oxygens (including phenoxy) is 1. The van der Waals surface area contributed by atoms with Gasteiger partial charge in [-0.05, 0) is 50.8 Å². The Labute approximate surface area is 136 Å². The van der Waals surface area contributed by atoms with Crippen LogP contribution in [0.5, 0.6) is 5.75 Å². The largest absolute Gasteiger partial charge is 0.497 e. The molecule has 3 nitrogen and oxygen atoms in total. The van der Waals surface area contributed by atoms with Gasteiger partial charge in [-0.1, -0.05) is 22.9 Å². The minimum atomic E-state index is 0.678. The van der Waals surface area contributed by atoms with E-state index >= 15 is 0 Å². The third kappa shape index (κ3) is 3.21. The summed E-state index contributed by atoms with van der Waals surface area (Å²) in [5.41, 5.74) is 1.31. The van der Waals surface area contributed by atoms with Gasteiger partial charge < -0.3 is 15.0 Å². The van der Waals surface area contributed by atoms with Gasteiger partial charge in [-0.2, -0.15) is 0 Å². The zero-order chi connectivity index (χ0) is 14.8. The standard InChI is InChI=1S/C17H25BrN2O/c1-3-6-19-13-9-14-4-5-15(10-13)20(14)16-7-12(18)8-17(11-16)21-2/h7-8,11,13-15,19H,3-6,9-10H2,1-2H3. The molecule has 1 aromatic rings. The molecule has 2 fully saturated rings. The van der Waals surface area contributed by atoms with Gasteiger partial charge in [0.2, 0.25) is 0 Å². The Bertz CT molecular complexity index is 480. The van der Waals surface area contributed by atoms with E-state index in [1.165, 1.54) is 37.8 Å². The Morgan fingerprint density at radius 3 is 2.57 bits per heavy atom. The Morgan fingerprint density at radius 1 is 1.24 bits per heavy atom. The Morgan fingerprint density at radius 2 is 1.95 bits per heavy atom. The maximum atomic E-state index is 5.42. The Kier molecular flexibility index (Phi) is 4.75. The molecule has 0 aromatic heterocycles. The lowest BCUT2D eigenvalue weighted by molar-refractivity contribution is 0.356. The molecule has 2 bridgehead atoms. The van der Waals surface area contributed by atoms with Crippen LogP contribution in [0.15, 0.2) is 22.7 Å². The molecule has 0 amide bonds. The van der Waals surface area contributed by atoms with Crippen LogP contribution in [0.4, 0.5) is 5.69 Å². The fourth-order valence-electron chi connectivity index (χ4n) is 3.93. The number of methoxy groups -OCH3 is 1. The number of hydrogen-bond donors (Lipinski definition) is 1. The lowest BCUT2D eigenvalue weighted by Crippen LogP contribution is -2.49. The fraction of sp³-hybridized carbons (Fsp3) is 0.647. The van der Waals surface area contributed by atoms with Gasteiger partial charge in [-0.15, -0.1) is 0 Å². The van der Waals surface area contributed by atoms with Crippen LogP contribution in [0.25, 0.3) is 0 Å². The summed E-state index contributed by atoms with van der Waals surface area (Å²) in [6.45, 7) is 3.39. The van der Waals surface area contributed by atoms with Crippen molar-refractivity contribution in [2.24, 2.45) is 0 Å². The number of nitrogens with one attached hydrogen (secondary N) is 1. The molecule has 2 unspecified atom stereocenters. The normalized spacial score (nSPS) is 28.0. The van der Waals surface area contributed by atoms with Gasteiger partial charge in [-0.3, -0.25) is 0 Å². The number of nitrogens with zero attached hydrogens (tertiary/aromatic N) is 1. The van der Waals surface area contributed by atoms with E-state index in [0.29, 0.717) is 18.1 Å². The van der Waals surface area contributed by atoms with E-state index in [9.17, 15) is 0 Å². The van der Waals surface area contributed by atoms with Crippen LogP contribution in [-0.4, -0.2) is 31.8 Å². The van der Waals surface area contributed by atoms with Crippen LogP contribution in [0.1, 0.15) is 39.0 Å². The Hall–Kier alpha value is -0.740. The summed E-state index contributed by atoms with van der Waals surface area (Å²) in [6.07, 6.45) is 6.41. The molecule has 116 valence electrons. The van der Waals surface area contributed by atoms with Gasteiger partial charge >= 0.3 is 0 Å². The van der Waals surface area contributed by atoms with E-state index in [1.54, 1.807) is 7.11 Å². The van der Waals surface area contributed by atoms with Crippen LogP contribution in [0.3, 0.4) is 0 Å². The van der Waals surface area contributed by atoms with Crippen LogP contribution >= 0.6 is 15.9 Å². The summed E-state index contributed by atoms with van der Waals surface area (Å²) < 4.78 is 6.52. The zero-order valence-corrected chi connectivity index (χ0v) is 14.5. The van der Waals surface area contributed by atoms with E-state index < -0.39 is 0 Å². The molecule has 0 aliphatic carbocycles. The van der Waals surface area contributed by atoms with E-state index in [2.05, 4.69) is 45.2 Å². The first-order valence-corrected chi connectivity index (χ1v) is 8.87. The van der Waals surface area contributed by atoms with Gasteiger partial charge in [0.15, 0.2) is 0 Å². The summed E-state index contributed by atoms with van der Waals surface area (Å²) >= 11 is 3.61. The molecule has 2 aliphatic rings. The third-order valence-electron chi connectivity index (χ3n) is 4.81. The average molecular weight is 353 g/mol. The molecule has 21 heavy (non-hydrogen) atoms. The first kappa shape index (κ1) is 15.2. The van der Waals surface area contributed by atoms with Crippen molar-refractivity contribution in [3.63, 3.8) is 0 Å². The SMILES string of the molecule is CCCNC1CC2CCC(C1)N2c1cc(Br)cc(OC)c1. The quantitative estimate of drug-likeness (QED) is 0.867. The predicted octanol–water partition coefficient (Wildman–Crippen LogP) is 3.96. The van der Waals surface area contributed by atoms with Gasteiger partial charge in [0.25, 0.3) is 0 Å². The predicted molar refractivity (Wildman–Crippen MR) is 91.3 cm³/mol. The van der Waals surface area contributed by atoms with E-state index in [0.717, 1.165) is 16.8 Å². The molecule has 0 radical (unpaired) electrons. The minimum Gasteiger partial charge on any atom is -0.497 e. The van der Waals surface area contributed by atoms with Crippen molar-refractivity contribution in [3.8, 4) is 5.75 Å². The highest BCUT2D eigenvalue weighted by molar-refractivity contribution is 9.10. The summed E-state index contributed by atoms with van der Waals surface area (Å²) in [5.74, 6) is 0.935. The van der Waals surface area contributed by atoms with Gasteiger partial charge in [0, 0.05) is 34.4 Å². The van der Waals surface area contributed by atoms with Crippen molar-refractivity contribution in [2.45, 2.75) is 57.2 Å². The van der Waals surface area contributed by atoms with Crippen molar-refractivity contribution in [1.82, 2.24) is 5.32 Å². The molecule has 2 heterocycles. The smallest absolute Gasteiger partial charge is 0.122 e. The van der Waals surface area contributed by atoms with Gasteiger partial charge in [0.1, 0.15) is 5.75 Å². The zero-order valence-electron chi connectivity index (χ0n) is 12.9. The van der Waals surface area contributed by atoms with Crippen LogP contribution < -0.4 is 15.0 Å². The van der Waals surface area contributed by atoms with E-state index in [-0.39, 0.29) is 0 Å². The molecule has 1 N–H and O–H groups in total. The van der Waals surface area contributed by atoms with Crippen molar-refractivity contribution in [1.29, 1.82) is 0 Å². The van der Waals surface area contributed by atoms with Crippen LogP contribution in [-0.2, 0) is 0 Å². The summed E-state index contributed by atoms with van der Waals surface area (Å²) in [6, 6.07) is 8.49. The van der Waals surface area contributed by atoms with Crippen LogP contribution in [0.2, 0.25) is 0 Å². The highest BCUT2D eigenvalue weighted by Crippen LogP contribution is 2.41. The maximum absolute atomic E-state index is 5.42. The topological polar surface area (TPSA) is 24.5 Å². The number of rotatable bonds is 5. The van der Waals surface area contributed by atoms with Crippen molar-refractivity contribution >= 4 is 21.6 Å². The molecule has 2 atom stereocenters. The number of halogens is 1. The fourth-order valence-corrected chi connectivity index (χ4v) is 4.39. The molecule has 2 aliphatic heterocycles. The van der Waals surface area contributed by atoms with Crippen molar-refractivity contribution in [2.75, 3.05) is 18.6 Å².